The first-order chi connectivity index (χ1) is 13.3. The van der Waals surface area contributed by atoms with Crippen LogP contribution in [-0.4, -0.2) is 15.5 Å². The summed E-state index contributed by atoms with van der Waals surface area (Å²) in [4.78, 5) is 41.1. The van der Waals surface area contributed by atoms with Crippen molar-refractivity contribution in [2.24, 2.45) is 5.92 Å². The molecule has 1 N–H and O–H groups in total. The number of ether oxygens (including phenoxy) is 1. The molecule has 1 aromatic carbocycles. The second-order valence-electron chi connectivity index (χ2n) is 7.76. The minimum Gasteiger partial charge on any atom is -0.426 e. The lowest BCUT2D eigenvalue weighted by molar-refractivity contribution is -0.135. The average molecular weight is 378 g/mol. The standard InChI is InChI=1S/C22H22N2O4/c1-12(2)11-24-17-7-5-4-6-14(17)9-16(22(24)27)15-10-19(25)28-18-8-13(3)23-21(26)20(15)18/h4-9,12,15H,10-11H2,1-3H3,(H,23,26)/t15-/m0/s1. The van der Waals surface area contributed by atoms with E-state index in [2.05, 4.69) is 18.8 Å². The summed E-state index contributed by atoms with van der Waals surface area (Å²) < 4.78 is 7.05. The van der Waals surface area contributed by atoms with E-state index < -0.39 is 11.9 Å². The van der Waals surface area contributed by atoms with E-state index >= 15 is 0 Å². The zero-order valence-electron chi connectivity index (χ0n) is 16.1. The number of benzene rings is 1. The van der Waals surface area contributed by atoms with Crippen molar-refractivity contribution in [1.29, 1.82) is 0 Å². The molecule has 6 nitrogen and oxygen atoms in total. The Morgan fingerprint density at radius 3 is 2.68 bits per heavy atom. The van der Waals surface area contributed by atoms with Gasteiger partial charge < -0.3 is 14.3 Å². The zero-order chi connectivity index (χ0) is 20.0. The maximum atomic E-state index is 13.4. The van der Waals surface area contributed by atoms with Gasteiger partial charge in [0.15, 0.2) is 0 Å². The number of aromatic amines is 1. The highest BCUT2D eigenvalue weighted by Gasteiger charge is 2.33. The number of carbonyl (C=O) groups excluding carboxylic acids is 1. The van der Waals surface area contributed by atoms with Crippen molar-refractivity contribution in [2.45, 2.75) is 39.7 Å². The Hall–Kier alpha value is -3.15. The van der Waals surface area contributed by atoms with Crippen LogP contribution in [-0.2, 0) is 11.3 Å². The summed E-state index contributed by atoms with van der Waals surface area (Å²) in [6.45, 7) is 6.38. The van der Waals surface area contributed by atoms with Gasteiger partial charge in [-0.3, -0.25) is 14.4 Å². The van der Waals surface area contributed by atoms with Gasteiger partial charge >= 0.3 is 5.97 Å². The van der Waals surface area contributed by atoms with E-state index in [0.29, 0.717) is 23.4 Å². The van der Waals surface area contributed by atoms with Crippen LogP contribution in [0.5, 0.6) is 5.75 Å². The fraction of sp³-hybridized carbons (Fsp3) is 0.318. The summed E-state index contributed by atoms with van der Waals surface area (Å²) in [7, 11) is 0. The molecule has 0 radical (unpaired) electrons. The molecule has 0 spiro atoms. The van der Waals surface area contributed by atoms with Crippen LogP contribution in [0.2, 0.25) is 0 Å². The first-order valence-corrected chi connectivity index (χ1v) is 9.42. The second kappa shape index (κ2) is 6.78. The van der Waals surface area contributed by atoms with E-state index in [0.717, 1.165) is 10.9 Å². The predicted molar refractivity (Wildman–Crippen MR) is 107 cm³/mol. The number of carbonyl (C=O) groups is 1. The SMILES string of the molecule is Cc1cc2c(c(=O)[nH]1)[C@H](c1cc3ccccc3n(CC(C)C)c1=O)CC(=O)O2. The molecule has 3 aromatic rings. The lowest BCUT2D eigenvalue weighted by Gasteiger charge is -2.25. The fourth-order valence-electron chi connectivity index (χ4n) is 3.93. The number of esters is 1. The number of hydrogen-bond acceptors (Lipinski definition) is 4. The monoisotopic (exact) mass is 378 g/mol. The molecular formula is C22H22N2O4. The highest BCUT2D eigenvalue weighted by molar-refractivity contribution is 5.81. The molecule has 1 atom stereocenters. The van der Waals surface area contributed by atoms with Gasteiger partial charge in [-0.05, 0) is 30.4 Å². The molecule has 0 aliphatic carbocycles. The molecule has 6 heteroatoms. The van der Waals surface area contributed by atoms with Crippen LogP contribution in [0.4, 0.5) is 0 Å². The Morgan fingerprint density at radius 1 is 1.18 bits per heavy atom. The Kier molecular flexibility index (Phi) is 4.41. The van der Waals surface area contributed by atoms with Gasteiger partial charge in [-0.25, -0.2) is 0 Å². The Labute approximate surface area is 161 Å². The number of H-pyrrole nitrogens is 1. The Bertz CT molecular complexity index is 1200. The van der Waals surface area contributed by atoms with E-state index in [-0.39, 0.29) is 29.2 Å². The van der Waals surface area contributed by atoms with Crippen LogP contribution in [0.3, 0.4) is 0 Å². The molecule has 28 heavy (non-hydrogen) atoms. The van der Waals surface area contributed by atoms with E-state index in [4.69, 9.17) is 4.74 Å². The predicted octanol–water partition coefficient (Wildman–Crippen LogP) is 3.10. The lowest BCUT2D eigenvalue weighted by atomic mass is 9.87. The number of para-hydroxylation sites is 1. The number of aryl methyl sites for hydroxylation is 1. The molecule has 1 aliphatic heterocycles. The van der Waals surface area contributed by atoms with Crippen molar-refractivity contribution in [3.05, 3.63) is 73.9 Å². The van der Waals surface area contributed by atoms with E-state index in [1.54, 1.807) is 23.6 Å². The van der Waals surface area contributed by atoms with Gasteiger partial charge in [-0.15, -0.1) is 0 Å². The smallest absolute Gasteiger partial charge is 0.312 e. The van der Waals surface area contributed by atoms with Gasteiger partial charge in [0.05, 0.1) is 17.5 Å². The molecule has 3 heterocycles. The van der Waals surface area contributed by atoms with Crippen LogP contribution in [0.1, 0.15) is 43.0 Å². The van der Waals surface area contributed by atoms with Crippen LogP contribution >= 0.6 is 0 Å². The molecule has 4 rings (SSSR count). The molecule has 1 aliphatic rings. The van der Waals surface area contributed by atoms with Crippen molar-refractivity contribution >= 4 is 16.9 Å². The zero-order valence-corrected chi connectivity index (χ0v) is 16.1. The third kappa shape index (κ3) is 3.05. The molecule has 0 unspecified atom stereocenters. The largest absolute Gasteiger partial charge is 0.426 e. The number of nitrogens with one attached hydrogen (secondary N) is 1. The van der Waals surface area contributed by atoms with Gasteiger partial charge in [0.25, 0.3) is 11.1 Å². The quantitative estimate of drug-likeness (QED) is 0.710. The number of fused-ring (bicyclic) bond motifs is 2. The summed E-state index contributed by atoms with van der Waals surface area (Å²) >= 11 is 0. The molecule has 144 valence electrons. The first kappa shape index (κ1) is 18.2. The summed E-state index contributed by atoms with van der Waals surface area (Å²) in [6.07, 6.45) is -0.0333. The van der Waals surface area contributed by atoms with Crippen molar-refractivity contribution in [3.8, 4) is 5.75 Å². The van der Waals surface area contributed by atoms with Gasteiger partial charge in [0, 0.05) is 29.8 Å². The number of aromatic nitrogens is 2. The number of rotatable bonds is 3. The topological polar surface area (TPSA) is 81.2 Å². The van der Waals surface area contributed by atoms with Crippen LogP contribution in [0.25, 0.3) is 10.9 Å². The van der Waals surface area contributed by atoms with Gasteiger partial charge in [0.1, 0.15) is 5.75 Å². The van der Waals surface area contributed by atoms with Crippen molar-refractivity contribution in [3.63, 3.8) is 0 Å². The lowest BCUT2D eigenvalue weighted by Crippen LogP contribution is -2.34. The van der Waals surface area contributed by atoms with E-state index in [1.807, 2.05) is 24.3 Å². The van der Waals surface area contributed by atoms with E-state index in [1.165, 1.54) is 0 Å². The molecule has 0 saturated carbocycles. The van der Waals surface area contributed by atoms with Crippen molar-refractivity contribution in [2.75, 3.05) is 0 Å². The third-order valence-corrected chi connectivity index (χ3v) is 5.07. The Balaban J connectivity index is 2.01. The normalized spacial score (nSPS) is 16.3. The molecule has 2 aromatic heterocycles. The summed E-state index contributed by atoms with van der Waals surface area (Å²) in [5.74, 6) is -0.557. The van der Waals surface area contributed by atoms with Crippen LogP contribution in [0, 0.1) is 12.8 Å². The molecule has 0 fully saturated rings. The van der Waals surface area contributed by atoms with Crippen molar-refractivity contribution < 1.29 is 9.53 Å². The highest BCUT2D eigenvalue weighted by Crippen LogP contribution is 2.36. The first-order valence-electron chi connectivity index (χ1n) is 9.42. The minimum atomic E-state index is -0.629. The third-order valence-electron chi connectivity index (χ3n) is 5.07. The van der Waals surface area contributed by atoms with Crippen LogP contribution in [0.15, 0.2) is 46.0 Å². The van der Waals surface area contributed by atoms with Crippen LogP contribution < -0.4 is 15.9 Å². The average Bonchev–Trinajstić information content (AvgIpc) is 2.62. The van der Waals surface area contributed by atoms with Gasteiger partial charge in [0.2, 0.25) is 0 Å². The minimum absolute atomic E-state index is 0.0333. The summed E-state index contributed by atoms with van der Waals surface area (Å²) in [5.41, 5.74) is 1.75. The number of nitrogens with zero attached hydrogens (tertiary/aromatic N) is 1. The summed E-state index contributed by atoms with van der Waals surface area (Å²) in [5, 5.41) is 0.904. The van der Waals surface area contributed by atoms with Gasteiger partial charge in [-0.1, -0.05) is 32.0 Å². The maximum absolute atomic E-state index is 13.4. The fourth-order valence-corrected chi connectivity index (χ4v) is 3.93. The second-order valence-corrected chi connectivity index (χ2v) is 7.76. The highest BCUT2D eigenvalue weighted by atomic mass is 16.5. The summed E-state index contributed by atoms with van der Waals surface area (Å²) in [6, 6.07) is 11.1. The van der Waals surface area contributed by atoms with Gasteiger partial charge in [-0.2, -0.15) is 0 Å². The molecular weight excluding hydrogens is 356 g/mol. The van der Waals surface area contributed by atoms with E-state index in [9.17, 15) is 14.4 Å². The molecule has 0 amide bonds. The molecule has 0 bridgehead atoms. The number of pyridine rings is 2. The van der Waals surface area contributed by atoms with Crippen molar-refractivity contribution in [1.82, 2.24) is 9.55 Å². The molecule has 0 saturated heterocycles. The maximum Gasteiger partial charge on any atom is 0.312 e. The Morgan fingerprint density at radius 2 is 1.93 bits per heavy atom. The number of hydrogen-bond donors (Lipinski definition) is 1.